The van der Waals surface area contributed by atoms with Gasteiger partial charge in [-0.2, -0.15) is 0 Å². The van der Waals surface area contributed by atoms with Gasteiger partial charge in [0.05, 0.1) is 11.2 Å². The van der Waals surface area contributed by atoms with Gasteiger partial charge in [-0.15, -0.1) is 6.58 Å². The Morgan fingerprint density at radius 2 is 1.75 bits per heavy atom. The zero-order valence-electron chi connectivity index (χ0n) is 15.5. The molecular formula is C17H30BNO5. The molecule has 0 aromatic rings. The second-order valence-electron chi connectivity index (χ2n) is 7.49. The number of amides is 1. The van der Waals surface area contributed by atoms with E-state index in [0.29, 0.717) is 19.2 Å². The molecule has 1 amide bonds. The summed E-state index contributed by atoms with van der Waals surface area (Å²) < 4.78 is 11.9. The van der Waals surface area contributed by atoms with Crippen LogP contribution in [0.2, 0.25) is 6.32 Å². The zero-order chi connectivity index (χ0) is 18.6. The predicted molar refractivity (Wildman–Crippen MR) is 93.7 cm³/mol. The van der Waals surface area contributed by atoms with Gasteiger partial charge in [0, 0.05) is 6.92 Å². The van der Waals surface area contributed by atoms with E-state index in [9.17, 15) is 14.7 Å². The van der Waals surface area contributed by atoms with Gasteiger partial charge in [-0.05, 0) is 46.9 Å². The number of hydrogen-bond acceptors (Lipinski definition) is 4. The molecule has 1 rings (SSSR count). The van der Waals surface area contributed by atoms with Gasteiger partial charge in [0.25, 0.3) is 0 Å². The standard InChI is InChI=1S/C17H30BNO5/c1-7-10-17(14(21)22,19-13(2)20)11-8-9-12-18-23-15(3,4)16(5,6)24-18/h7H,1,8-12H2,2-6H3,(H,19,20)(H,21,22)/t17-/m0/s1. The monoisotopic (exact) mass is 339 g/mol. The average Bonchev–Trinajstić information content (AvgIpc) is 2.62. The molecule has 1 heterocycles. The van der Waals surface area contributed by atoms with Crippen LogP contribution in [0.4, 0.5) is 0 Å². The number of aliphatic carboxylic acids is 1. The van der Waals surface area contributed by atoms with Crippen LogP contribution in [0.5, 0.6) is 0 Å². The van der Waals surface area contributed by atoms with Crippen molar-refractivity contribution in [3.63, 3.8) is 0 Å². The van der Waals surface area contributed by atoms with Crippen LogP contribution < -0.4 is 5.32 Å². The smallest absolute Gasteiger partial charge is 0.457 e. The summed E-state index contributed by atoms with van der Waals surface area (Å²) in [4.78, 5) is 23.0. The van der Waals surface area contributed by atoms with Gasteiger partial charge in [0.1, 0.15) is 5.54 Å². The third-order valence-corrected chi connectivity index (χ3v) is 4.91. The Hall–Kier alpha value is -1.34. The lowest BCUT2D eigenvalue weighted by Crippen LogP contribution is -2.53. The van der Waals surface area contributed by atoms with Crippen molar-refractivity contribution in [3.05, 3.63) is 12.7 Å². The van der Waals surface area contributed by atoms with E-state index in [-0.39, 0.29) is 30.6 Å². The maximum Gasteiger partial charge on any atom is 0.457 e. The Morgan fingerprint density at radius 3 is 2.17 bits per heavy atom. The maximum absolute atomic E-state index is 11.7. The Balaban J connectivity index is 2.56. The fraction of sp³-hybridized carbons (Fsp3) is 0.765. The van der Waals surface area contributed by atoms with Crippen LogP contribution in [0.25, 0.3) is 0 Å². The second kappa shape index (κ2) is 7.70. The molecule has 6 nitrogen and oxygen atoms in total. The number of hydrogen-bond donors (Lipinski definition) is 2. The molecule has 2 N–H and O–H groups in total. The summed E-state index contributed by atoms with van der Waals surface area (Å²) in [6.45, 7) is 12.9. The van der Waals surface area contributed by atoms with Gasteiger partial charge in [0.2, 0.25) is 5.91 Å². The van der Waals surface area contributed by atoms with Crippen LogP contribution in [-0.2, 0) is 18.9 Å². The minimum absolute atomic E-state index is 0.193. The number of rotatable bonds is 9. The van der Waals surface area contributed by atoms with E-state index in [1.807, 2.05) is 27.7 Å². The fourth-order valence-corrected chi connectivity index (χ4v) is 2.87. The summed E-state index contributed by atoms with van der Waals surface area (Å²) >= 11 is 0. The molecule has 0 radical (unpaired) electrons. The van der Waals surface area contributed by atoms with E-state index in [2.05, 4.69) is 11.9 Å². The number of unbranched alkanes of at least 4 members (excludes halogenated alkanes) is 1. The van der Waals surface area contributed by atoms with E-state index < -0.39 is 11.5 Å². The van der Waals surface area contributed by atoms with Gasteiger partial charge in [-0.25, -0.2) is 4.79 Å². The summed E-state index contributed by atoms with van der Waals surface area (Å²) in [5.41, 5.74) is -2.01. The molecule has 0 aromatic heterocycles. The molecule has 0 spiro atoms. The van der Waals surface area contributed by atoms with E-state index in [1.54, 1.807) is 0 Å². The highest BCUT2D eigenvalue weighted by Crippen LogP contribution is 2.38. The Bertz CT molecular complexity index is 475. The van der Waals surface area contributed by atoms with E-state index in [1.165, 1.54) is 13.0 Å². The lowest BCUT2D eigenvalue weighted by molar-refractivity contribution is -0.147. The molecule has 0 unspecified atom stereocenters. The lowest BCUT2D eigenvalue weighted by atomic mass is 9.80. The molecule has 7 heteroatoms. The number of carboxylic acid groups (broad SMARTS) is 1. The van der Waals surface area contributed by atoms with Crippen molar-refractivity contribution in [2.24, 2.45) is 0 Å². The molecule has 0 saturated carbocycles. The largest absolute Gasteiger partial charge is 0.479 e. The summed E-state index contributed by atoms with van der Waals surface area (Å²) in [5, 5.41) is 12.1. The Morgan fingerprint density at radius 1 is 1.21 bits per heavy atom. The highest BCUT2D eigenvalue weighted by atomic mass is 16.7. The van der Waals surface area contributed by atoms with Gasteiger partial charge in [-0.1, -0.05) is 18.9 Å². The van der Waals surface area contributed by atoms with Crippen molar-refractivity contribution in [3.8, 4) is 0 Å². The minimum atomic E-state index is -1.29. The SMILES string of the molecule is C=CC[C@@](CCCCB1OC(C)(C)C(C)(C)O1)(NC(C)=O)C(=O)O. The van der Waals surface area contributed by atoms with Crippen LogP contribution >= 0.6 is 0 Å². The van der Waals surface area contributed by atoms with Crippen molar-refractivity contribution in [1.82, 2.24) is 5.32 Å². The molecule has 1 aliphatic rings. The third kappa shape index (κ3) is 4.83. The van der Waals surface area contributed by atoms with Gasteiger partial charge >= 0.3 is 13.1 Å². The first kappa shape index (κ1) is 20.7. The molecular weight excluding hydrogens is 309 g/mol. The van der Waals surface area contributed by atoms with Gasteiger partial charge < -0.3 is 19.7 Å². The topological polar surface area (TPSA) is 84.9 Å². The molecule has 1 atom stereocenters. The predicted octanol–water partition coefficient (Wildman–Crippen LogP) is 2.78. The summed E-state index contributed by atoms with van der Waals surface area (Å²) in [6.07, 6.45) is 4.15. The van der Waals surface area contributed by atoms with Crippen LogP contribution in [0.1, 0.15) is 60.3 Å². The van der Waals surface area contributed by atoms with Gasteiger partial charge in [-0.3, -0.25) is 4.79 Å². The molecule has 0 aliphatic carbocycles. The van der Waals surface area contributed by atoms with E-state index in [0.717, 1.165) is 6.42 Å². The van der Waals surface area contributed by atoms with Crippen molar-refractivity contribution < 1.29 is 24.0 Å². The molecule has 136 valence electrons. The van der Waals surface area contributed by atoms with Crippen LogP contribution in [0, 0.1) is 0 Å². The maximum atomic E-state index is 11.7. The van der Waals surface area contributed by atoms with Crippen LogP contribution in [-0.4, -0.2) is 40.8 Å². The number of carboxylic acids is 1. The van der Waals surface area contributed by atoms with Crippen LogP contribution in [0.15, 0.2) is 12.7 Å². The molecule has 24 heavy (non-hydrogen) atoms. The highest BCUT2D eigenvalue weighted by molar-refractivity contribution is 6.45. The normalized spacial score (nSPS) is 21.1. The molecule has 0 aromatic carbocycles. The number of nitrogens with one attached hydrogen (secondary N) is 1. The summed E-state index contributed by atoms with van der Waals surface area (Å²) in [7, 11) is -0.283. The fourth-order valence-electron chi connectivity index (χ4n) is 2.87. The quantitative estimate of drug-likeness (QED) is 0.383. The molecule has 1 fully saturated rings. The molecule has 0 bridgehead atoms. The number of carbonyl (C=O) groups is 2. The lowest BCUT2D eigenvalue weighted by Gasteiger charge is -2.32. The third-order valence-electron chi connectivity index (χ3n) is 4.91. The number of carbonyl (C=O) groups excluding carboxylic acids is 1. The first-order valence-corrected chi connectivity index (χ1v) is 8.44. The Kier molecular flexibility index (Phi) is 6.64. The summed E-state index contributed by atoms with van der Waals surface area (Å²) in [6, 6.07) is 0. The van der Waals surface area contributed by atoms with Crippen molar-refractivity contribution in [2.75, 3.05) is 0 Å². The molecule has 1 saturated heterocycles. The van der Waals surface area contributed by atoms with Crippen molar-refractivity contribution in [1.29, 1.82) is 0 Å². The Labute approximate surface area is 145 Å². The van der Waals surface area contributed by atoms with Crippen molar-refractivity contribution >= 4 is 19.0 Å². The van der Waals surface area contributed by atoms with Crippen molar-refractivity contribution in [2.45, 2.75) is 83.4 Å². The average molecular weight is 339 g/mol. The molecule has 1 aliphatic heterocycles. The summed E-state index contributed by atoms with van der Waals surface area (Å²) in [5.74, 6) is -1.39. The second-order valence-corrected chi connectivity index (χ2v) is 7.49. The van der Waals surface area contributed by atoms with Gasteiger partial charge in [0.15, 0.2) is 0 Å². The first-order valence-electron chi connectivity index (χ1n) is 8.44. The van der Waals surface area contributed by atoms with E-state index >= 15 is 0 Å². The zero-order valence-corrected chi connectivity index (χ0v) is 15.5. The first-order chi connectivity index (χ1) is 11.0. The van der Waals surface area contributed by atoms with E-state index in [4.69, 9.17) is 9.31 Å². The minimum Gasteiger partial charge on any atom is -0.479 e. The highest BCUT2D eigenvalue weighted by Gasteiger charge is 2.50. The van der Waals surface area contributed by atoms with Crippen LogP contribution in [0.3, 0.4) is 0 Å².